The van der Waals surface area contributed by atoms with E-state index in [-0.39, 0.29) is 25.4 Å². The maximum Gasteiger partial charge on any atom is 0.305 e. The van der Waals surface area contributed by atoms with E-state index < -0.39 is 17.7 Å². The van der Waals surface area contributed by atoms with Crippen molar-refractivity contribution in [1.29, 1.82) is 0 Å². The van der Waals surface area contributed by atoms with Crippen LogP contribution in [-0.2, 0) is 17.8 Å². The number of nitrogens with zero attached hydrogens (tertiary/aromatic N) is 1. The van der Waals surface area contributed by atoms with E-state index in [0.29, 0.717) is 40.8 Å². The van der Waals surface area contributed by atoms with Crippen molar-refractivity contribution in [3.05, 3.63) is 131 Å². The molecule has 4 aromatic carbocycles. The molecule has 2 N–H and O–H groups in total. The van der Waals surface area contributed by atoms with Gasteiger partial charge in [0.2, 0.25) is 0 Å². The molecule has 0 radical (unpaired) electrons. The van der Waals surface area contributed by atoms with Crippen LogP contribution >= 0.6 is 0 Å². The number of hydrogen-bond acceptors (Lipinski definition) is 3. The van der Waals surface area contributed by atoms with E-state index in [2.05, 4.69) is 5.32 Å². The average Bonchev–Trinajstić information content (AvgIpc) is 2.97. The van der Waals surface area contributed by atoms with Crippen molar-refractivity contribution in [3.8, 4) is 11.1 Å². The standard InChI is InChI=1S/C33H31FN2O4/c1-23-14-16-24(17-15-23)18-20-36(21-19-31(37)38)33(40)29-12-6-4-10-27(29)26-9-3-5-11-28(26)32(39)35-22-25-8-2-7-13-30(25)34/h2-17H,18-22H2,1H3,(H,35,39)(H,37,38). The molecule has 0 heterocycles. The molecular weight excluding hydrogens is 507 g/mol. The maximum absolute atomic E-state index is 14.1. The van der Waals surface area contributed by atoms with Crippen LogP contribution in [0.3, 0.4) is 0 Å². The van der Waals surface area contributed by atoms with Crippen molar-refractivity contribution < 1.29 is 23.9 Å². The summed E-state index contributed by atoms with van der Waals surface area (Å²) in [6.45, 7) is 2.41. The van der Waals surface area contributed by atoms with Gasteiger partial charge in [0.15, 0.2) is 0 Å². The van der Waals surface area contributed by atoms with E-state index in [0.717, 1.165) is 11.1 Å². The lowest BCUT2D eigenvalue weighted by Gasteiger charge is -2.24. The number of nitrogens with one attached hydrogen (secondary N) is 1. The Morgan fingerprint density at radius 1 is 0.775 bits per heavy atom. The lowest BCUT2D eigenvalue weighted by molar-refractivity contribution is -0.137. The van der Waals surface area contributed by atoms with Crippen LogP contribution in [0.2, 0.25) is 0 Å². The molecule has 0 spiro atoms. The van der Waals surface area contributed by atoms with Gasteiger partial charge in [-0.2, -0.15) is 0 Å². The number of hydrogen-bond donors (Lipinski definition) is 2. The van der Waals surface area contributed by atoms with Crippen molar-refractivity contribution in [2.45, 2.75) is 26.3 Å². The minimum Gasteiger partial charge on any atom is -0.481 e. The minimum absolute atomic E-state index is 0.0163. The molecule has 0 unspecified atom stereocenters. The van der Waals surface area contributed by atoms with Gasteiger partial charge < -0.3 is 15.3 Å². The molecule has 0 saturated heterocycles. The predicted molar refractivity (Wildman–Crippen MR) is 152 cm³/mol. The lowest BCUT2D eigenvalue weighted by Crippen LogP contribution is -2.35. The van der Waals surface area contributed by atoms with E-state index in [4.69, 9.17) is 0 Å². The van der Waals surface area contributed by atoms with Crippen molar-refractivity contribution in [2.75, 3.05) is 13.1 Å². The molecule has 7 heteroatoms. The summed E-state index contributed by atoms with van der Waals surface area (Å²) < 4.78 is 14.1. The third-order valence-corrected chi connectivity index (χ3v) is 6.69. The Balaban J connectivity index is 1.61. The lowest BCUT2D eigenvalue weighted by atomic mass is 9.94. The van der Waals surface area contributed by atoms with Gasteiger partial charge in [-0.05, 0) is 48.2 Å². The Hall–Kier alpha value is -4.78. The van der Waals surface area contributed by atoms with Crippen LogP contribution in [0.4, 0.5) is 4.39 Å². The van der Waals surface area contributed by atoms with Crippen LogP contribution in [0.1, 0.15) is 43.8 Å². The SMILES string of the molecule is Cc1ccc(CCN(CCC(=O)O)C(=O)c2ccccc2-c2ccccc2C(=O)NCc2ccccc2F)cc1. The highest BCUT2D eigenvalue weighted by atomic mass is 19.1. The van der Waals surface area contributed by atoms with Gasteiger partial charge in [0.25, 0.3) is 11.8 Å². The Morgan fingerprint density at radius 2 is 1.38 bits per heavy atom. The third kappa shape index (κ3) is 7.20. The number of benzene rings is 4. The largest absolute Gasteiger partial charge is 0.481 e. The monoisotopic (exact) mass is 538 g/mol. The molecule has 204 valence electrons. The summed E-state index contributed by atoms with van der Waals surface area (Å²) in [6.07, 6.45) is 0.389. The third-order valence-electron chi connectivity index (χ3n) is 6.69. The van der Waals surface area contributed by atoms with Crippen molar-refractivity contribution in [2.24, 2.45) is 0 Å². The number of amides is 2. The molecular formula is C33H31FN2O4. The first kappa shape index (κ1) is 28.2. The van der Waals surface area contributed by atoms with Gasteiger partial charge in [0.1, 0.15) is 5.82 Å². The number of halogens is 1. The quantitative estimate of drug-likeness (QED) is 0.249. The number of carbonyl (C=O) groups is 3. The fraction of sp³-hybridized carbons (Fsp3) is 0.182. The maximum atomic E-state index is 14.1. The van der Waals surface area contributed by atoms with E-state index in [1.165, 1.54) is 6.07 Å². The molecule has 0 bridgehead atoms. The van der Waals surface area contributed by atoms with E-state index >= 15 is 0 Å². The molecule has 0 saturated carbocycles. The molecule has 4 rings (SSSR count). The summed E-state index contributed by atoms with van der Waals surface area (Å²) in [5, 5.41) is 12.1. The highest BCUT2D eigenvalue weighted by Crippen LogP contribution is 2.28. The van der Waals surface area contributed by atoms with E-state index in [1.807, 2.05) is 31.2 Å². The first-order chi connectivity index (χ1) is 19.3. The highest BCUT2D eigenvalue weighted by Gasteiger charge is 2.22. The number of carboxylic acid groups (broad SMARTS) is 1. The van der Waals surface area contributed by atoms with Crippen LogP contribution in [-0.4, -0.2) is 40.9 Å². The predicted octanol–water partition coefficient (Wildman–Crippen LogP) is 5.89. The summed E-state index contributed by atoms with van der Waals surface area (Å²) in [7, 11) is 0. The molecule has 0 atom stereocenters. The zero-order valence-corrected chi connectivity index (χ0v) is 22.3. The average molecular weight is 539 g/mol. The summed E-state index contributed by atoms with van der Waals surface area (Å²) >= 11 is 0. The number of aryl methyl sites for hydroxylation is 1. The zero-order valence-electron chi connectivity index (χ0n) is 22.3. The van der Waals surface area contributed by atoms with Crippen LogP contribution in [0.25, 0.3) is 11.1 Å². The van der Waals surface area contributed by atoms with Gasteiger partial charge in [-0.25, -0.2) is 4.39 Å². The van der Waals surface area contributed by atoms with Gasteiger partial charge in [-0.1, -0.05) is 84.4 Å². The van der Waals surface area contributed by atoms with E-state index in [9.17, 15) is 23.9 Å². The topological polar surface area (TPSA) is 86.7 Å². The number of aliphatic carboxylic acids is 1. The molecule has 0 fully saturated rings. The molecule has 6 nitrogen and oxygen atoms in total. The van der Waals surface area contributed by atoms with Gasteiger partial charge in [-0.15, -0.1) is 0 Å². The number of carboxylic acids is 1. The summed E-state index contributed by atoms with van der Waals surface area (Å²) in [6, 6.07) is 28.2. The Labute approximate surface area is 233 Å². The molecule has 40 heavy (non-hydrogen) atoms. The second-order valence-corrected chi connectivity index (χ2v) is 9.54. The first-order valence-electron chi connectivity index (χ1n) is 13.1. The van der Waals surface area contributed by atoms with Gasteiger partial charge in [0, 0.05) is 36.3 Å². The van der Waals surface area contributed by atoms with Crippen LogP contribution in [0.5, 0.6) is 0 Å². The fourth-order valence-electron chi connectivity index (χ4n) is 4.47. The van der Waals surface area contributed by atoms with E-state index in [1.54, 1.807) is 71.6 Å². The van der Waals surface area contributed by atoms with Crippen LogP contribution < -0.4 is 5.32 Å². The number of carbonyl (C=O) groups excluding carboxylic acids is 2. The summed E-state index contributed by atoms with van der Waals surface area (Å²) in [5.41, 5.74) is 4.36. The summed E-state index contributed by atoms with van der Waals surface area (Å²) in [4.78, 5) is 40.0. The molecule has 0 aliphatic carbocycles. The van der Waals surface area contributed by atoms with Gasteiger partial charge in [-0.3, -0.25) is 14.4 Å². The molecule has 4 aromatic rings. The molecule has 0 aliphatic rings. The van der Waals surface area contributed by atoms with Crippen molar-refractivity contribution in [3.63, 3.8) is 0 Å². The number of rotatable bonds is 11. The van der Waals surface area contributed by atoms with Crippen molar-refractivity contribution >= 4 is 17.8 Å². The second kappa shape index (κ2) is 13.3. The van der Waals surface area contributed by atoms with Gasteiger partial charge in [0.05, 0.1) is 6.42 Å². The summed E-state index contributed by atoms with van der Waals surface area (Å²) in [5.74, 6) is -2.11. The second-order valence-electron chi connectivity index (χ2n) is 9.54. The van der Waals surface area contributed by atoms with Crippen LogP contribution in [0.15, 0.2) is 97.1 Å². The minimum atomic E-state index is -0.988. The molecule has 2 amide bonds. The first-order valence-corrected chi connectivity index (χ1v) is 13.1. The smallest absolute Gasteiger partial charge is 0.305 e. The molecule has 0 aliphatic heterocycles. The normalized spacial score (nSPS) is 10.7. The van der Waals surface area contributed by atoms with Crippen molar-refractivity contribution in [1.82, 2.24) is 10.2 Å². The Morgan fingerprint density at radius 3 is 2.05 bits per heavy atom. The Bertz CT molecular complexity index is 1500. The molecule has 0 aromatic heterocycles. The van der Waals surface area contributed by atoms with Crippen LogP contribution in [0, 0.1) is 12.7 Å². The Kier molecular flexibility index (Phi) is 9.41. The van der Waals surface area contributed by atoms with Gasteiger partial charge >= 0.3 is 5.97 Å². The zero-order chi connectivity index (χ0) is 28.5. The highest BCUT2D eigenvalue weighted by molar-refractivity contribution is 6.06. The fourth-order valence-corrected chi connectivity index (χ4v) is 4.47.